The van der Waals surface area contributed by atoms with Gasteiger partial charge in [-0.3, -0.25) is 24.3 Å². The van der Waals surface area contributed by atoms with Crippen molar-refractivity contribution >= 4 is 57.2 Å². The van der Waals surface area contributed by atoms with E-state index in [1.54, 1.807) is 12.3 Å². The summed E-state index contributed by atoms with van der Waals surface area (Å²) in [4.78, 5) is 27.7. The number of carbonyl (C=O) groups is 1. The number of aryl methyl sites for hydroxylation is 1. The molecular weight excluding hydrogens is 671 g/mol. The number of aromatic nitrogens is 4. The number of β-amino-alcohol motifs (C(OH)–C–C–N with tert-alkyl or cyclic N) is 1. The molecule has 0 spiro atoms. The van der Waals surface area contributed by atoms with Crippen molar-refractivity contribution in [3.8, 4) is 11.1 Å². The number of hydrogen-bond acceptors (Lipinski definition) is 8. The topological polar surface area (TPSA) is 111 Å². The van der Waals surface area contributed by atoms with Gasteiger partial charge in [0, 0.05) is 55.1 Å². The molecule has 2 fully saturated rings. The second kappa shape index (κ2) is 14.3. The minimum Gasteiger partial charge on any atom is -0.392 e. The summed E-state index contributed by atoms with van der Waals surface area (Å²) in [7, 11) is 0. The smallest absolute Gasteiger partial charge is 0.276 e. The number of rotatable bonds is 8. The first kappa shape index (κ1) is 33.1. The van der Waals surface area contributed by atoms with Crippen LogP contribution in [0.15, 0.2) is 67.0 Å². The van der Waals surface area contributed by atoms with Crippen molar-refractivity contribution in [1.29, 1.82) is 0 Å². The van der Waals surface area contributed by atoms with E-state index in [4.69, 9.17) is 33.3 Å². The Kier molecular flexibility index (Phi) is 9.46. The molecule has 10 nitrogen and oxygen atoms in total. The minimum atomic E-state index is -0.291. The van der Waals surface area contributed by atoms with Gasteiger partial charge in [-0.15, -0.1) is 0 Å². The standard InChI is InChI=1S/C38H40Cl2N8O2/c39-34-27(7-4-9-29(34)43-37-36-25(12-14-41-37)19-24(21-42-36)22-46-18-13-26(49)23-46)28-8-5-10-30(35(28)40)44-38(50)31-20-33-32(11-6-17-48(33)45-31)47-15-2-1-3-16-47/h4-5,7-10,12,14,19-21,26,32,49H,1-3,6,11,13,15-18,22-23H2,(H,41,43)(H,44,50)/t26-,32+/m0/s1. The van der Waals surface area contributed by atoms with Gasteiger partial charge in [0.1, 0.15) is 5.52 Å². The van der Waals surface area contributed by atoms with Crippen molar-refractivity contribution < 1.29 is 9.90 Å². The summed E-state index contributed by atoms with van der Waals surface area (Å²) in [6, 6.07) is 17.5. The van der Waals surface area contributed by atoms with Crippen molar-refractivity contribution in [2.24, 2.45) is 0 Å². The van der Waals surface area contributed by atoms with Crippen LogP contribution in [0.25, 0.3) is 22.0 Å². The Balaban J connectivity index is 1.01. The first-order valence-electron chi connectivity index (χ1n) is 17.5. The molecule has 2 saturated heterocycles. The summed E-state index contributed by atoms with van der Waals surface area (Å²) in [5.41, 5.74) is 5.87. The van der Waals surface area contributed by atoms with E-state index >= 15 is 0 Å². The molecule has 6 heterocycles. The van der Waals surface area contributed by atoms with Gasteiger partial charge < -0.3 is 15.7 Å². The maximum atomic E-state index is 13.5. The highest BCUT2D eigenvalue weighted by atomic mass is 35.5. The van der Waals surface area contributed by atoms with Crippen molar-refractivity contribution in [2.45, 2.75) is 63.8 Å². The monoisotopic (exact) mass is 710 g/mol. The quantitative estimate of drug-likeness (QED) is 0.150. The zero-order chi connectivity index (χ0) is 34.2. The highest BCUT2D eigenvalue weighted by molar-refractivity contribution is 6.39. The molecule has 8 rings (SSSR count). The number of hydrogen-bond donors (Lipinski definition) is 3. The molecule has 0 unspecified atom stereocenters. The Morgan fingerprint density at radius 2 is 1.66 bits per heavy atom. The van der Waals surface area contributed by atoms with Crippen molar-refractivity contribution in [2.75, 3.05) is 36.8 Å². The largest absolute Gasteiger partial charge is 0.392 e. The van der Waals surface area contributed by atoms with Gasteiger partial charge in [0.25, 0.3) is 5.91 Å². The van der Waals surface area contributed by atoms with Gasteiger partial charge in [0.2, 0.25) is 0 Å². The third-order valence-corrected chi connectivity index (χ3v) is 11.0. The summed E-state index contributed by atoms with van der Waals surface area (Å²) in [6.07, 6.45) is 10.0. The normalized spacial score (nSPS) is 19.8. The highest BCUT2D eigenvalue weighted by Crippen LogP contribution is 2.41. The zero-order valence-electron chi connectivity index (χ0n) is 27.8. The molecule has 3 N–H and O–H groups in total. The van der Waals surface area contributed by atoms with Crippen LogP contribution in [0.3, 0.4) is 0 Å². The fraction of sp³-hybridized carbons (Fsp3) is 0.368. The molecule has 3 aliphatic heterocycles. The van der Waals surface area contributed by atoms with E-state index in [2.05, 4.69) is 31.5 Å². The van der Waals surface area contributed by atoms with Crippen molar-refractivity contribution in [3.63, 3.8) is 0 Å². The van der Waals surface area contributed by atoms with Crippen LogP contribution in [0.2, 0.25) is 10.0 Å². The Bertz CT molecular complexity index is 2050. The summed E-state index contributed by atoms with van der Waals surface area (Å²) in [6.45, 7) is 5.32. The number of fused-ring (bicyclic) bond motifs is 2. The number of nitrogens with zero attached hydrogens (tertiary/aromatic N) is 6. The van der Waals surface area contributed by atoms with E-state index in [1.165, 1.54) is 19.3 Å². The number of aliphatic hydroxyl groups excluding tert-OH is 1. The SMILES string of the molecule is O=C(Nc1cccc(-c2cccc(Nc3nccc4cc(CN5CC[C@H](O)C5)cnc34)c2Cl)c1Cl)c1cc2n(n1)CCC[C@H]2N1CCCCC1. The number of nitrogens with one attached hydrogen (secondary N) is 2. The number of benzene rings is 2. The van der Waals surface area contributed by atoms with Gasteiger partial charge in [-0.05, 0) is 81.1 Å². The van der Waals surface area contributed by atoms with E-state index in [-0.39, 0.29) is 12.0 Å². The lowest BCUT2D eigenvalue weighted by atomic mass is 9.99. The Morgan fingerprint density at radius 3 is 2.44 bits per heavy atom. The fourth-order valence-corrected chi connectivity index (χ4v) is 8.21. The molecule has 1 amide bonds. The van der Waals surface area contributed by atoms with Crippen LogP contribution in [-0.2, 0) is 13.1 Å². The van der Waals surface area contributed by atoms with Gasteiger partial charge in [0.05, 0.1) is 39.3 Å². The van der Waals surface area contributed by atoms with Crippen LogP contribution < -0.4 is 10.6 Å². The summed E-state index contributed by atoms with van der Waals surface area (Å²) in [5, 5.41) is 22.8. The summed E-state index contributed by atoms with van der Waals surface area (Å²) < 4.78 is 2.01. The van der Waals surface area contributed by atoms with Crippen molar-refractivity contribution in [1.82, 2.24) is 29.5 Å². The molecule has 0 bridgehead atoms. The number of piperidine rings is 1. The van der Waals surface area contributed by atoms with Gasteiger partial charge in [0.15, 0.2) is 11.5 Å². The molecule has 3 aliphatic rings. The molecular formula is C38H40Cl2N8O2. The Hall–Kier alpha value is -4.06. The number of amides is 1. The molecule has 5 aromatic rings. The van der Waals surface area contributed by atoms with Crippen LogP contribution >= 0.6 is 23.2 Å². The first-order valence-corrected chi connectivity index (χ1v) is 18.3. The highest BCUT2D eigenvalue weighted by Gasteiger charge is 2.30. The van der Waals surface area contributed by atoms with E-state index in [9.17, 15) is 9.90 Å². The van der Waals surface area contributed by atoms with Gasteiger partial charge >= 0.3 is 0 Å². The number of pyridine rings is 2. The predicted octanol–water partition coefficient (Wildman–Crippen LogP) is 7.68. The van der Waals surface area contributed by atoms with Crippen molar-refractivity contribution in [3.05, 3.63) is 94.0 Å². The summed E-state index contributed by atoms with van der Waals surface area (Å²) in [5.74, 6) is 0.294. The maximum absolute atomic E-state index is 13.5. The van der Waals surface area contributed by atoms with Gasteiger partial charge in [-0.1, -0.05) is 53.9 Å². The second-order valence-electron chi connectivity index (χ2n) is 13.6. The third kappa shape index (κ3) is 6.70. The molecule has 0 saturated carbocycles. The average molecular weight is 712 g/mol. The number of likely N-dealkylation sites (tertiary alicyclic amines) is 2. The molecule has 2 aromatic carbocycles. The molecule has 258 valence electrons. The van der Waals surface area contributed by atoms with Gasteiger partial charge in [-0.2, -0.15) is 5.10 Å². The van der Waals surface area contributed by atoms with Gasteiger partial charge in [-0.25, -0.2) is 4.98 Å². The molecule has 0 aliphatic carbocycles. The molecule has 12 heteroatoms. The average Bonchev–Trinajstić information content (AvgIpc) is 3.76. The number of aliphatic hydroxyl groups is 1. The van der Waals surface area contributed by atoms with Crippen LogP contribution in [0, 0.1) is 0 Å². The van der Waals surface area contributed by atoms with Crippen LogP contribution in [0.5, 0.6) is 0 Å². The fourth-order valence-electron chi connectivity index (χ4n) is 7.66. The van der Waals surface area contributed by atoms with E-state index in [1.807, 2.05) is 53.3 Å². The summed E-state index contributed by atoms with van der Waals surface area (Å²) >= 11 is 14.0. The molecule has 0 radical (unpaired) electrons. The lowest BCUT2D eigenvalue weighted by Gasteiger charge is -2.36. The zero-order valence-corrected chi connectivity index (χ0v) is 29.3. The second-order valence-corrected chi connectivity index (χ2v) is 14.4. The van der Waals surface area contributed by atoms with Crippen LogP contribution in [0.4, 0.5) is 17.2 Å². The van der Waals surface area contributed by atoms with E-state index in [0.717, 1.165) is 74.1 Å². The van der Waals surface area contributed by atoms with Crippen LogP contribution in [-0.4, -0.2) is 72.8 Å². The number of anilines is 3. The predicted molar refractivity (Wildman–Crippen MR) is 198 cm³/mol. The third-order valence-electron chi connectivity index (χ3n) is 10.2. The molecule has 3 aromatic heterocycles. The number of halogens is 2. The Labute approximate surface area is 301 Å². The Morgan fingerprint density at radius 1 is 0.880 bits per heavy atom. The lowest BCUT2D eigenvalue weighted by molar-refractivity contribution is 0.102. The first-order chi connectivity index (χ1) is 24.4. The maximum Gasteiger partial charge on any atom is 0.276 e. The minimum absolute atomic E-state index is 0.259. The molecule has 2 atom stereocenters. The van der Waals surface area contributed by atoms with E-state index in [0.29, 0.717) is 56.6 Å². The lowest BCUT2D eigenvalue weighted by Crippen LogP contribution is -2.36. The van der Waals surface area contributed by atoms with Crippen LogP contribution in [0.1, 0.15) is 66.3 Å². The number of carbonyl (C=O) groups excluding carboxylic acids is 1. The molecule has 50 heavy (non-hydrogen) atoms. The van der Waals surface area contributed by atoms with E-state index < -0.39 is 0 Å².